The van der Waals surface area contributed by atoms with Gasteiger partial charge in [0.1, 0.15) is 0 Å². The summed E-state index contributed by atoms with van der Waals surface area (Å²) in [5, 5.41) is 3.56. The lowest BCUT2D eigenvalue weighted by atomic mass is 10.1. The number of nitrogens with one attached hydrogen (secondary N) is 1. The van der Waals surface area contributed by atoms with Crippen LogP contribution in [0.25, 0.3) is 0 Å². The third-order valence-corrected chi connectivity index (χ3v) is 5.05. The standard InChI is InChI=1S/C20H21ClN2O2/c1-13-7-8-17(9-14(13)2)22-20(25)16-10-19(24)23(12-16)11-15-5-3-4-6-18(15)21/h3-9,16H,10-12H2,1-2H3,(H,22,25)/t16-/m0/s1. The summed E-state index contributed by atoms with van der Waals surface area (Å²) in [5.74, 6) is -0.463. The summed E-state index contributed by atoms with van der Waals surface area (Å²) in [4.78, 5) is 26.5. The Morgan fingerprint density at radius 2 is 1.96 bits per heavy atom. The molecular formula is C20H21ClN2O2. The van der Waals surface area contributed by atoms with Gasteiger partial charge in [0.15, 0.2) is 0 Å². The Labute approximate surface area is 152 Å². The zero-order valence-corrected chi connectivity index (χ0v) is 15.1. The van der Waals surface area contributed by atoms with E-state index in [-0.39, 0.29) is 24.2 Å². The molecule has 1 fully saturated rings. The largest absolute Gasteiger partial charge is 0.337 e. The molecule has 0 bridgehead atoms. The van der Waals surface area contributed by atoms with Gasteiger partial charge in [-0.25, -0.2) is 0 Å². The van der Waals surface area contributed by atoms with E-state index in [2.05, 4.69) is 5.32 Å². The molecule has 0 saturated carbocycles. The van der Waals surface area contributed by atoms with Gasteiger partial charge in [-0.15, -0.1) is 0 Å². The van der Waals surface area contributed by atoms with E-state index in [0.717, 1.165) is 16.8 Å². The Balaban J connectivity index is 1.64. The lowest BCUT2D eigenvalue weighted by Crippen LogP contribution is -2.28. The number of carbonyl (C=O) groups is 2. The Kier molecular flexibility index (Phi) is 5.09. The molecule has 2 aromatic carbocycles. The molecule has 1 N–H and O–H groups in total. The molecule has 0 radical (unpaired) electrons. The van der Waals surface area contributed by atoms with Crippen molar-refractivity contribution in [3.05, 3.63) is 64.2 Å². The number of likely N-dealkylation sites (tertiary alicyclic amines) is 1. The number of rotatable bonds is 4. The number of anilines is 1. The quantitative estimate of drug-likeness (QED) is 0.901. The van der Waals surface area contributed by atoms with Gasteiger partial charge in [0.05, 0.1) is 5.92 Å². The highest BCUT2D eigenvalue weighted by molar-refractivity contribution is 6.31. The van der Waals surface area contributed by atoms with Crippen LogP contribution < -0.4 is 5.32 Å². The van der Waals surface area contributed by atoms with Crippen molar-refractivity contribution < 1.29 is 9.59 Å². The van der Waals surface area contributed by atoms with Crippen molar-refractivity contribution in [3.63, 3.8) is 0 Å². The van der Waals surface area contributed by atoms with Crippen molar-refractivity contribution in [2.45, 2.75) is 26.8 Å². The van der Waals surface area contributed by atoms with Crippen LogP contribution in [0.15, 0.2) is 42.5 Å². The number of benzene rings is 2. The summed E-state index contributed by atoms with van der Waals surface area (Å²) in [6.07, 6.45) is 0.237. The maximum absolute atomic E-state index is 12.5. The molecule has 1 aliphatic rings. The van der Waals surface area contributed by atoms with E-state index in [0.29, 0.717) is 18.1 Å². The molecule has 0 unspecified atom stereocenters. The Morgan fingerprint density at radius 1 is 1.20 bits per heavy atom. The van der Waals surface area contributed by atoms with Crippen LogP contribution in [0, 0.1) is 19.8 Å². The van der Waals surface area contributed by atoms with Gasteiger partial charge >= 0.3 is 0 Å². The molecule has 4 nitrogen and oxygen atoms in total. The van der Waals surface area contributed by atoms with Gasteiger partial charge in [0, 0.05) is 30.2 Å². The van der Waals surface area contributed by atoms with Gasteiger partial charge in [-0.05, 0) is 48.7 Å². The molecule has 1 aliphatic heterocycles. The summed E-state index contributed by atoms with van der Waals surface area (Å²) in [7, 11) is 0. The van der Waals surface area contributed by atoms with Gasteiger partial charge in [-0.2, -0.15) is 0 Å². The molecule has 1 heterocycles. The average molecular weight is 357 g/mol. The minimum atomic E-state index is -0.336. The summed E-state index contributed by atoms with van der Waals surface area (Å²) >= 11 is 6.17. The van der Waals surface area contributed by atoms with Crippen molar-refractivity contribution in [2.75, 3.05) is 11.9 Å². The monoisotopic (exact) mass is 356 g/mol. The maximum Gasteiger partial charge on any atom is 0.229 e. The summed E-state index contributed by atoms with van der Waals surface area (Å²) < 4.78 is 0. The number of aryl methyl sites for hydroxylation is 2. The molecule has 1 atom stereocenters. The third kappa shape index (κ3) is 4.02. The zero-order chi connectivity index (χ0) is 18.0. The summed E-state index contributed by atoms with van der Waals surface area (Å²) in [6, 6.07) is 13.3. The molecule has 25 heavy (non-hydrogen) atoms. The highest BCUT2D eigenvalue weighted by Crippen LogP contribution is 2.25. The molecule has 2 amide bonds. The molecule has 2 aromatic rings. The van der Waals surface area contributed by atoms with Crippen LogP contribution >= 0.6 is 11.6 Å². The van der Waals surface area contributed by atoms with Gasteiger partial charge in [-0.1, -0.05) is 35.9 Å². The molecular weight excluding hydrogens is 336 g/mol. The number of amides is 2. The van der Waals surface area contributed by atoms with Crippen molar-refractivity contribution in [1.29, 1.82) is 0 Å². The highest BCUT2D eigenvalue weighted by Gasteiger charge is 2.34. The normalized spacial score (nSPS) is 17.0. The molecule has 5 heteroatoms. The van der Waals surface area contributed by atoms with Crippen LogP contribution in [0.2, 0.25) is 5.02 Å². The topological polar surface area (TPSA) is 49.4 Å². The lowest BCUT2D eigenvalue weighted by Gasteiger charge is -2.17. The Morgan fingerprint density at radius 3 is 2.68 bits per heavy atom. The summed E-state index contributed by atoms with van der Waals surface area (Å²) in [6.45, 7) is 4.89. The van der Waals surface area contributed by atoms with Crippen molar-refractivity contribution in [3.8, 4) is 0 Å². The number of nitrogens with zero attached hydrogens (tertiary/aromatic N) is 1. The molecule has 0 aromatic heterocycles. The van der Waals surface area contributed by atoms with E-state index < -0.39 is 0 Å². The van der Waals surface area contributed by atoms with Crippen LogP contribution in [-0.2, 0) is 16.1 Å². The first-order valence-electron chi connectivity index (χ1n) is 8.33. The van der Waals surface area contributed by atoms with Crippen molar-refractivity contribution in [2.24, 2.45) is 5.92 Å². The Bertz CT molecular complexity index is 819. The molecule has 3 rings (SSSR count). The first-order valence-corrected chi connectivity index (χ1v) is 8.71. The summed E-state index contributed by atoms with van der Waals surface area (Å²) in [5.41, 5.74) is 3.97. The minimum Gasteiger partial charge on any atom is -0.337 e. The molecule has 0 spiro atoms. The van der Waals surface area contributed by atoms with Gasteiger partial charge in [0.2, 0.25) is 11.8 Å². The predicted molar refractivity (Wildman–Crippen MR) is 99.5 cm³/mol. The smallest absolute Gasteiger partial charge is 0.229 e. The van der Waals surface area contributed by atoms with Crippen molar-refractivity contribution in [1.82, 2.24) is 4.90 Å². The second-order valence-corrected chi connectivity index (χ2v) is 6.96. The second kappa shape index (κ2) is 7.28. The van der Waals surface area contributed by atoms with Crippen molar-refractivity contribution >= 4 is 29.1 Å². The number of hydrogen-bond donors (Lipinski definition) is 1. The van der Waals surface area contributed by atoms with E-state index in [1.165, 1.54) is 5.56 Å². The first-order chi connectivity index (χ1) is 11.9. The van der Waals surface area contributed by atoms with Gasteiger partial charge < -0.3 is 10.2 Å². The maximum atomic E-state index is 12.5. The van der Waals surface area contributed by atoms with Crippen LogP contribution in [0.4, 0.5) is 5.69 Å². The van der Waals surface area contributed by atoms with E-state index in [1.54, 1.807) is 11.0 Å². The first kappa shape index (κ1) is 17.5. The average Bonchev–Trinajstić information content (AvgIpc) is 2.94. The van der Waals surface area contributed by atoms with Crippen LogP contribution in [0.1, 0.15) is 23.1 Å². The van der Waals surface area contributed by atoms with E-state index in [9.17, 15) is 9.59 Å². The number of halogens is 1. The second-order valence-electron chi connectivity index (χ2n) is 6.56. The third-order valence-electron chi connectivity index (χ3n) is 4.68. The van der Waals surface area contributed by atoms with E-state index in [4.69, 9.17) is 11.6 Å². The highest BCUT2D eigenvalue weighted by atomic mass is 35.5. The zero-order valence-electron chi connectivity index (χ0n) is 14.4. The van der Waals surface area contributed by atoms with Gasteiger partial charge in [0.25, 0.3) is 0 Å². The molecule has 130 valence electrons. The SMILES string of the molecule is Cc1ccc(NC(=O)[C@H]2CC(=O)N(Cc3ccccc3Cl)C2)cc1C. The number of carbonyl (C=O) groups excluding carboxylic acids is 2. The van der Waals surface area contributed by atoms with Crippen LogP contribution in [0.3, 0.4) is 0 Å². The van der Waals surface area contributed by atoms with E-state index in [1.807, 2.05) is 50.2 Å². The molecule has 0 aliphatic carbocycles. The molecule has 1 saturated heterocycles. The fraction of sp³-hybridized carbons (Fsp3) is 0.300. The minimum absolute atomic E-state index is 0.0137. The fourth-order valence-electron chi connectivity index (χ4n) is 3.00. The van der Waals surface area contributed by atoms with E-state index >= 15 is 0 Å². The number of hydrogen-bond acceptors (Lipinski definition) is 2. The predicted octanol–water partition coefficient (Wildman–Crippen LogP) is 3.94. The lowest BCUT2D eigenvalue weighted by molar-refractivity contribution is -0.128. The van der Waals surface area contributed by atoms with Crippen LogP contribution in [0.5, 0.6) is 0 Å². The Hall–Kier alpha value is -2.33. The van der Waals surface area contributed by atoms with Crippen LogP contribution in [-0.4, -0.2) is 23.3 Å². The fourth-order valence-corrected chi connectivity index (χ4v) is 3.19. The van der Waals surface area contributed by atoms with Gasteiger partial charge in [-0.3, -0.25) is 9.59 Å².